The molecule has 12 atom stereocenters. The summed E-state index contributed by atoms with van der Waals surface area (Å²) in [4.78, 5) is 13.1. The molecule has 0 spiro atoms. The van der Waals surface area contributed by atoms with Crippen LogP contribution in [0.15, 0.2) is 12.2 Å². The maximum absolute atomic E-state index is 13.1. The molecule has 14 nitrogen and oxygen atoms in total. The van der Waals surface area contributed by atoms with Gasteiger partial charge in [0.05, 0.1) is 32.0 Å². The van der Waals surface area contributed by atoms with Gasteiger partial charge in [-0.2, -0.15) is 0 Å². The van der Waals surface area contributed by atoms with Crippen molar-refractivity contribution in [2.75, 3.05) is 19.8 Å². The van der Waals surface area contributed by atoms with Crippen LogP contribution >= 0.6 is 0 Å². The number of allylic oxidation sites excluding steroid dienone is 1. The molecule has 2 rings (SSSR count). The van der Waals surface area contributed by atoms with E-state index in [0.717, 1.165) is 38.5 Å². The van der Waals surface area contributed by atoms with Gasteiger partial charge >= 0.3 is 0 Å². The van der Waals surface area contributed by atoms with Crippen molar-refractivity contribution in [2.24, 2.45) is 0 Å². The zero-order chi connectivity index (χ0) is 45.4. The number of hydrogen-bond acceptors (Lipinski definition) is 13. The van der Waals surface area contributed by atoms with Crippen LogP contribution in [0.1, 0.15) is 194 Å². The molecule has 2 aliphatic heterocycles. The second-order valence-electron chi connectivity index (χ2n) is 18.0. The summed E-state index contributed by atoms with van der Waals surface area (Å²) in [6.07, 6.45) is 19.6. The minimum absolute atomic E-state index is 0.238. The molecule has 2 saturated heterocycles. The molecular formula is C48H91NO13. The van der Waals surface area contributed by atoms with Crippen molar-refractivity contribution in [1.29, 1.82) is 0 Å². The van der Waals surface area contributed by atoms with Crippen LogP contribution in [0.5, 0.6) is 0 Å². The van der Waals surface area contributed by atoms with Gasteiger partial charge in [-0.1, -0.05) is 180 Å². The Morgan fingerprint density at radius 2 is 1.00 bits per heavy atom. The van der Waals surface area contributed by atoms with Crippen LogP contribution in [0.25, 0.3) is 0 Å². The molecule has 2 fully saturated rings. The Kier molecular flexibility index (Phi) is 32.9. The van der Waals surface area contributed by atoms with Crippen LogP contribution in [0, 0.1) is 0 Å². The number of rotatable bonds is 38. The van der Waals surface area contributed by atoms with Gasteiger partial charge in [-0.3, -0.25) is 4.79 Å². The zero-order valence-corrected chi connectivity index (χ0v) is 38.6. The maximum Gasteiger partial charge on any atom is 0.220 e. The summed E-state index contributed by atoms with van der Waals surface area (Å²) in [5.41, 5.74) is 0. The number of hydrogen-bond donors (Lipinski definition) is 9. The van der Waals surface area contributed by atoms with Crippen LogP contribution in [0.3, 0.4) is 0 Å². The van der Waals surface area contributed by atoms with E-state index in [4.69, 9.17) is 18.9 Å². The van der Waals surface area contributed by atoms with Gasteiger partial charge in [-0.05, 0) is 19.3 Å². The monoisotopic (exact) mass is 890 g/mol. The van der Waals surface area contributed by atoms with E-state index in [1.807, 2.05) is 6.08 Å². The Balaban J connectivity index is 1.86. The normalized spacial score (nSPS) is 27.8. The van der Waals surface area contributed by atoms with Crippen molar-refractivity contribution < 1.29 is 64.6 Å². The van der Waals surface area contributed by atoms with Gasteiger partial charge in [-0.15, -0.1) is 0 Å². The summed E-state index contributed by atoms with van der Waals surface area (Å²) in [5.74, 6) is -0.238. The molecule has 0 aromatic rings. The molecule has 9 N–H and O–H groups in total. The van der Waals surface area contributed by atoms with Crippen molar-refractivity contribution in [2.45, 2.75) is 267 Å². The molecule has 0 radical (unpaired) electrons. The third-order valence-electron chi connectivity index (χ3n) is 12.5. The van der Waals surface area contributed by atoms with E-state index >= 15 is 0 Å². The SMILES string of the molecule is CCCCCCCCCCCCC/C=C/[C@@H](O)[C@H](CO[C@@H]1O[C@H](CO)[C@@H](O[C@@H]2O[C@H](CO)[C@H](O)[C@H](O)[C@H]2O)[C@H](O)[C@H]1O)NC(=O)CCCCCCCCCCCCCCCCC. The predicted molar refractivity (Wildman–Crippen MR) is 240 cm³/mol. The number of aliphatic hydroxyl groups excluding tert-OH is 8. The summed E-state index contributed by atoms with van der Waals surface area (Å²) >= 11 is 0. The lowest BCUT2D eigenvalue weighted by Gasteiger charge is -2.46. The Bertz CT molecular complexity index is 1100. The molecule has 0 bridgehead atoms. The van der Waals surface area contributed by atoms with E-state index in [2.05, 4.69) is 19.2 Å². The molecule has 0 aromatic heterocycles. The first-order valence-corrected chi connectivity index (χ1v) is 24.9. The van der Waals surface area contributed by atoms with Gasteiger partial charge < -0.3 is 65.1 Å². The molecule has 0 aromatic carbocycles. The molecule has 0 aliphatic carbocycles. The van der Waals surface area contributed by atoms with Gasteiger partial charge in [0.1, 0.15) is 48.8 Å². The number of amides is 1. The fourth-order valence-electron chi connectivity index (χ4n) is 8.35. The first kappa shape index (κ1) is 56.9. The highest BCUT2D eigenvalue weighted by molar-refractivity contribution is 5.76. The summed E-state index contributed by atoms with van der Waals surface area (Å²) in [6, 6.07) is -0.906. The van der Waals surface area contributed by atoms with Crippen molar-refractivity contribution in [3.8, 4) is 0 Å². The predicted octanol–water partition coefficient (Wildman–Crippen LogP) is 5.99. The van der Waals surface area contributed by atoms with Crippen LogP contribution in [0.2, 0.25) is 0 Å². The first-order valence-electron chi connectivity index (χ1n) is 24.9. The highest BCUT2D eigenvalue weighted by Gasteiger charge is 2.51. The minimum atomic E-state index is -1.78. The van der Waals surface area contributed by atoms with Crippen LogP contribution in [-0.4, -0.2) is 140 Å². The van der Waals surface area contributed by atoms with Crippen molar-refractivity contribution >= 4 is 5.91 Å². The van der Waals surface area contributed by atoms with Crippen molar-refractivity contribution in [3.63, 3.8) is 0 Å². The summed E-state index contributed by atoms with van der Waals surface area (Å²) < 4.78 is 22.7. The summed E-state index contributed by atoms with van der Waals surface area (Å²) in [6.45, 7) is 2.78. The Morgan fingerprint density at radius 3 is 1.48 bits per heavy atom. The Labute approximate surface area is 374 Å². The highest BCUT2D eigenvalue weighted by Crippen LogP contribution is 2.30. The molecule has 1 amide bonds. The fourth-order valence-corrected chi connectivity index (χ4v) is 8.35. The van der Waals surface area contributed by atoms with Crippen LogP contribution < -0.4 is 5.32 Å². The molecule has 2 aliphatic rings. The third kappa shape index (κ3) is 23.3. The minimum Gasteiger partial charge on any atom is -0.394 e. The first-order chi connectivity index (χ1) is 30.1. The third-order valence-corrected chi connectivity index (χ3v) is 12.5. The van der Waals surface area contributed by atoms with E-state index < -0.39 is 86.8 Å². The number of carbonyl (C=O) groups excluding carboxylic acids is 1. The molecule has 2 heterocycles. The number of carbonyl (C=O) groups is 1. The lowest BCUT2D eigenvalue weighted by molar-refractivity contribution is -0.359. The molecule has 62 heavy (non-hydrogen) atoms. The van der Waals surface area contributed by atoms with Gasteiger partial charge in [0.15, 0.2) is 12.6 Å². The van der Waals surface area contributed by atoms with Crippen LogP contribution in [0.4, 0.5) is 0 Å². The summed E-state index contributed by atoms with van der Waals surface area (Å²) in [5, 5.41) is 86.6. The molecule has 0 saturated carbocycles. The molecule has 0 unspecified atom stereocenters. The number of nitrogens with one attached hydrogen (secondary N) is 1. The van der Waals surface area contributed by atoms with E-state index in [9.17, 15) is 45.6 Å². The molecule has 14 heteroatoms. The average Bonchev–Trinajstić information content (AvgIpc) is 3.27. The number of aliphatic hydroxyl groups is 8. The van der Waals surface area contributed by atoms with E-state index in [-0.39, 0.29) is 18.9 Å². The summed E-state index contributed by atoms with van der Waals surface area (Å²) in [7, 11) is 0. The van der Waals surface area contributed by atoms with Gasteiger partial charge in [-0.25, -0.2) is 0 Å². The second kappa shape index (κ2) is 35.9. The van der Waals surface area contributed by atoms with E-state index in [1.54, 1.807) is 6.08 Å². The quantitative estimate of drug-likeness (QED) is 0.0257. The second-order valence-corrected chi connectivity index (χ2v) is 18.0. The lowest BCUT2D eigenvalue weighted by atomic mass is 9.97. The van der Waals surface area contributed by atoms with Gasteiger partial charge in [0.25, 0.3) is 0 Å². The largest absolute Gasteiger partial charge is 0.394 e. The van der Waals surface area contributed by atoms with E-state index in [0.29, 0.717) is 6.42 Å². The molecular weight excluding hydrogens is 799 g/mol. The standard InChI is InChI=1S/C48H91NO13/c1-3-5-7-9-11-13-15-17-18-20-22-24-26-28-30-32-40(53)49-36(37(52)31-29-27-25-23-21-19-16-14-12-10-8-6-4-2)35-59-47-45(58)43(56)46(39(34-51)61-47)62-48-44(57)42(55)41(54)38(33-50)60-48/h29,31,36-39,41-48,50-52,54-58H,3-28,30,32-35H2,1-2H3,(H,49,53)/b31-29+/t36-,37+,38+,39+,41-,42-,43+,44+,45+,46+,47+,48-/m0/s1. The molecule has 366 valence electrons. The van der Waals surface area contributed by atoms with Crippen molar-refractivity contribution in [3.05, 3.63) is 12.2 Å². The Morgan fingerprint density at radius 1 is 0.565 bits per heavy atom. The van der Waals surface area contributed by atoms with Gasteiger partial charge in [0, 0.05) is 6.42 Å². The van der Waals surface area contributed by atoms with Crippen LogP contribution in [-0.2, 0) is 23.7 Å². The Hall–Kier alpha value is -1.27. The van der Waals surface area contributed by atoms with Crippen molar-refractivity contribution in [1.82, 2.24) is 5.32 Å². The lowest BCUT2D eigenvalue weighted by Crippen LogP contribution is -2.65. The van der Waals surface area contributed by atoms with Gasteiger partial charge in [0.2, 0.25) is 5.91 Å². The number of ether oxygens (including phenoxy) is 4. The van der Waals surface area contributed by atoms with E-state index in [1.165, 1.54) is 128 Å². The topological polar surface area (TPSA) is 228 Å². The zero-order valence-electron chi connectivity index (χ0n) is 38.6. The highest BCUT2D eigenvalue weighted by atomic mass is 16.7. The fraction of sp³-hybridized carbons (Fsp3) is 0.938. The smallest absolute Gasteiger partial charge is 0.220 e. The average molecular weight is 890 g/mol. The number of unbranched alkanes of at least 4 members (excludes halogenated alkanes) is 25. The maximum atomic E-state index is 13.1.